The Morgan fingerprint density at radius 3 is 2.18 bits per heavy atom. The van der Waals surface area contributed by atoms with E-state index >= 15 is 0 Å². The Labute approximate surface area is 131 Å². The van der Waals surface area contributed by atoms with Gasteiger partial charge in [-0.2, -0.15) is 0 Å². The normalized spacial score (nSPS) is 13.7. The van der Waals surface area contributed by atoms with Gasteiger partial charge in [0.1, 0.15) is 12.1 Å². The maximum absolute atomic E-state index is 11.9. The fraction of sp³-hybridized carbons (Fsp3) is 0.529. The summed E-state index contributed by atoms with van der Waals surface area (Å²) in [4.78, 5) is 23.3. The third-order valence-corrected chi connectivity index (χ3v) is 3.66. The average Bonchev–Trinajstić information content (AvgIpc) is 2.40. The van der Waals surface area contributed by atoms with Crippen molar-refractivity contribution < 1.29 is 19.8 Å². The molecule has 2 atom stereocenters. The van der Waals surface area contributed by atoms with Gasteiger partial charge in [-0.1, -0.05) is 32.0 Å². The van der Waals surface area contributed by atoms with Crippen LogP contribution < -0.4 is 5.32 Å². The van der Waals surface area contributed by atoms with Crippen LogP contribution in [0.4, 0.5) is 0 Å². The molecule has 0 unspecified atom stereocenters. The zero-order chi connectivity index (χ0) is 16.9. The van der Waals surface area contributed by atoms with E-state index in [9.17, 15) is 19.8 Å². The Morgan fingerprint density at radius 1 is 1.18 bits per heavy atom. The first-order valence-electron chi connectivity index (χ1n) is 7.48. The summed E-state index contributed by atoms with van der Waals surface area (Å²) in [5, 5.41) is 21.6. The number of carboxylic acids is 1. The van der Waals surface area contributed by atoms with Crippen LogP contribution in [-0.2, 0) is 16.0 Å². The van der Waals surface area contributed by atoms with Crippen molar-refractivity contribution in [1.29, 1.82) is 0 Å². The first kappa shape index (κ1) is 18.2. The van der Waals surface area contributed by atoms with Crippen molar-refractivity contribution in [3.8, 4) is 0 Å². The van der Waals surface area contributed by atoms with Gasteiger partial charge in [0.25, 0.3) is 0 Å². The van der Waals surface area contributed by atoms with Gasteiger partial charge in [0.2, 0.25) is 5.91 Å². The van der Waals surface area contributed by atoms with Crippen LogP contribution in [0.3, 0.4) is 0 Å². The summed E-state index contributed by atoms with van der Waals surface area (Å²) >= 11 is 0. The second-order valence-corrected chi connectivity index (χ2v) is 6.12. The Morgan fingerprint density at radius 2 is 1.73 bits per heavy atom. The maximum Gasteiger partial charge on any atom is 0.326 e. The summed E-state index contributed by atoms with van der Waals surface area (Å²) in [7, 11) is 0. The number of nitrogens with one attached hydrogen (secondary N) is 1. The summed E-state index contributed by atoms with van der Waals surface area (Å²) in [6, 6.07) is 4.69. The number of aryl methyl sites for hydroxylation is 2. The van der Waals surface area contributed by atoms with E-state index in [1.165, 1.54) is 0 Å². The van der Waals surface area contributed by atoms with Gasteiger partial charge in [0.05, 0.1) is 0 Å². The lowest BCUT2D eigenvalue weighted by Gasteiger charge is -2.20. The third-order valence-electron chi connectivity index (χ3n) is 3.66. The lowest BCUT2D eigenvalue weighted by Crippen LogP contribution is -2.47. The first-order valence-corrected chi connectivity index (χ1v) is 7.48. The molecule has 3 N–H and O–H groups in total. The van der Waals surface area contributed by atoms with Crippen molar-refractivity contribution in [2.75, 3.05) is 0 Å². The molecule has 0 aliphatic carbocycles. The first-order chi connectivity index (χ1) is 10.2. The van der Waals surface area contributed by atoms with Crippen LogP contribution in [0, 0.1) is 19.8 Å². The molecule has 0 aliphatic rings. The SMILES string of the molecule is Cc1cccc(C)c1C[C@H](NC(=O)[C@H](O)CC(C)C)C(=O)O. The standard InChI is InChI=1S/C17H25NO4/c1-10(2)8-15(19)16(20)18-14(17(21)22)9-13-11(3)6-5-7-12(13)4/h5-7,10,14-15,19H,8-9H2,1-4H3,(H,18,20)(H,21,22)/t14-,15+/m0/s1. The predicted molar refractivity (Wildman–Crippen MR) is 84.6 cm³/mol. The monoisotopic (exact) mass is 307 g/mol. The van der Waals surface area contributed by atoms with E-state index < -0.39 is 24.0 Å². The zero-order valence-electron chi connectivity index (χ0n) is 13.6. The van der Waals surface area contributed by atoms with E-state index in [-0.39, 0.29) is 12.3 Å². The molecule has 0 aromatic heterocycles. The second-order valence-electron chi connectivity index (χ2n) is 6.12. The number of amides is 1. The summed E-state index contributed by atoms with van der Waals surface area (Å²) in [6.45, 7) is 7.61. The number of aliphatic hydroxyl groups excluding tert-OH is 1. The molecule has 0 bridgehead atoms. The van der Waals surface area contributed by atoms with Crippen molar-refractivity contribution in [2.45, 2.75) is 52.7 Å². The highest BCUT2D eigenvalue weighted by Crippen LogP contribution is 2.16. The van der Waals surface area contributed by atoms with E-state index in [0.717, 1.165) is 16.7 Å². The molecule has 5 nitrogen and oxygen atoms in total. The van der Waals surface area contributed by atoms with Crippen molar-refractivity contribution in [2.24, 2.45) is 5.92 Å². The molecule has 0 fully saturated rings. The summed E-state index contributed by atoms with van der Waals surface area (Å²) in [5.41, 5.74) is 2.89. The molecule has 0 aliphatic heterocycles. The largest absolute Gasteiger partial charge is 0.480 e. The molecule has 0 saturated heterocycles. The van der Waals surface area contributed by atoms with Crippen LogP contribution >= 0.6 is 0 Å². The summed E-state index contributed by atoms with van der Waals surface area (Å²) in [6.07, 6.45) is -0.671. The van der Waals surface area contributed by atoms with E-state index in [0.29, 0.717) is 6.42 Å². The molecule has 5 heteroatoms. The highest BCUT2D eigenvalue weighted by Gasteiger charge is 2.25. The molecule has 1 aromatic carbocycles. The maximum atomic E-state index is 11.9. The highest BCUT2D eigenvalue weighted by molar-refractivity contribution is 5.86. The minimum Gasteiger partial charge on any atom is -0.480 e. The van der Waals surface area contributed by atoms with Gasteiger partial charge in [-0.15, -0.1) is 0 Å². The molecule has 1 amide bonds. The molecule has 0 spiro atoms. The van der Waals surface area contributed by atoms with Gasteiger partial charge in [0, 0.05) is 6.42 Å². The number of rotatable bonds is 7. The van der Waals surface area contributed by atoms with Crippen molar-refractivity contribution in [1.82, 2.24) is 5.32 Å². The minimum absolute atomic E-state index is 0.155. The molecule has 0 radical (unpaired) electrons. The van der Waals surface area contributed by atoms with Gasteiger partial charge in [-0.25, -0.2) is 4.79 Å². The van der Waals surface area contributed by atoms with Crippen molar-refractivity contribution in [3.63, 3.8) is 0 Å². The Balaban J connectivity index is 2.83. The molecule has 0 heterocycles. The lowest BCUT2D eigenvalue weighted by molar-refractivity contribution is -0.143. The van der Waals surface area contributed by atoms with Gasteiger partial charge >= 0.3 is 5.97 Å². The van der Waals surface area contributed by atoms with Gasteiger partial charge in [-0.05, 0) is 42.9 Å². The summed E-state index contributed by atoms with van der Waals surface area (Å²) in [5.74, 6) is -1.58. The molecule has 22 heavy (non-hydrogen) atoms. The highest BCUT2D eigenvalue weighted by atomic mass is 16.4. The van der Waals surface area contributed by atoms with Crippen LogP contribution in [-0.4, -0.2) is 34.2 Å². The average molecular weight is 307 g/mol. The Kier molecular flexibility index (Phi) is 6.56. The van der Waals surface area contributed by atoms with Crippen LogP contribution in [0.15, 0.2) is 18.2 Å². The fourth-order valence-corrected chi connectivity index (χ4v) is 2.40. The number of aliphatic hydroxyl groups is 1. The molecule has 122 valence electrons. The lowest BCUT2D eigenvalue weighted by atomic mass is 9.96. The molecule has 1 aromatic rings. The van der Waals surface area contributed by atoms with Crippen molar-refractivity contribution >= 4 is 11.9 Å². The van der Waals surface area contributed by atoms with E-state index in [1.807, 2.05) is 45.9 Å². The Bertz CT molecular complexity index is 519. The number of hydrogen-bond donors (Lipinski definition) is 3. The Hall–Kier alpha value is -1.88. The molecule has 0 saturated carbocycles. The zero-order valence-corrected chi connectivity index (χ0v) is 13.6. The van der Waals surface area contributed by atoms with E-state index in [2.05, 4.69) is 5.32 Å². The topological polar surface area (TPSA) is 86.6 Å². The molecular formula is C17H25NO4. The number of benzene rings is 1. The van der Waals surface area contributed by atoms with Crippen LogP contribution in [0.25, 0.3) is 0 Å². The second kappa shape index (κ2) is 7.94. The third kappa shape index (κ3) is 5.15. The van der Waals surface area contributed by atoms with Gasteiger partial charge in [0.15, 0.2) is 0 Å². The number of carbonyl (C=O) groups excluding carboxylic acids is 1. The predicted octanol–water partition coefficient (Wildman–Crippen LogP) is 1.82. The van der Waals surface area contributed by atoms with Crippen LogP contribution in [0.2, 0.25) is 0 Å². The number of carboxylic acid groups (broad SMARTS) is 1. The molecule has 1 rings (SSSR count). The summed E-state index contributed by atoms with van der Waals surface area (Å²) < 4.78 is 0. The van der Waals surface area contributed by atoms with Gasteiger partial charge in [-0.3, -0.25) is 4.79 Å². The number of aliphatic carboxylic acids is 1. The van der Waals surface area contributed by atoms with Crippen LogP contribution in [0.5, 0.6) is 0 Å². The molecular weight excluding hydrogens is 282 g/mol. The van der Waals surface area contributed by atoms with E-state index in [4.69, 9.17) is 0 Å². The van der Waals surface area contributed by atoms with Crippen molar-refractivity contribution in [3.05, 3.63) is 34.9 Å². The van der Waals surface area contributed by atoms with Crippen LogP contribution in [0.1, 0.15) is 37.0 Å². The quantitative estimate of drug-likeness (QED) is 0.717. The van der Waals surface area contributed by atoms with E-state index in [1.54, 1.807) is 0 Å². The van der Waals surface area contributed by atoms with Gasteiger partial charge < -0.3 is 15.5 Å². The number of hydrogen-bond acceptors (Lipinski definition) is 3. The number of carbonyl (C=O) groups is 2. The smallest absolute Gasteiger partial charge is 0.326 e. The fourth-order valence-electron chi connectivity index (χ4n) is 2.40. The minimum atomic E-state index is -1.18.